The van der Waals surface area contributed by atoms with Crippen LogP contribution in [0.5, 0.6) is 0 Å². The largest absolute Gasteiger partial charge is 0.451 e. The van der Waals surface area contributed by atoms with Crippen LogP contribution in [0.25, 0.3) is 0 Å². The van der Waals surface area contributed by atoms with E-state index in [4.69, 9.17) is 9.47 Å². The van der Waals surface area contributed by atoms with Gasteiger partial charge in [-0.1, -0.05) is 12.1 Å². The second-order valence-corrected chi connectivity index (χ2v) is 7.75. The van der Waals surface area contributed by atoms with E-state index >= 15 is 0 Å². The maximum absolute atomic E-state index is 12.4. The Kier molecular flexibility index (Phi) is 6.70. The third-order valence-corrected chi connectivity index (χ3v) is 4.21. The fourth-order valence-corrected chi connectivity index (χ4v) is 2.95. The van der Waals surface area contributed by atoms with Crippen LogP contribution in [0.1, 0.15) is 33.2 Å². The Morgan fingerprint density at radius 2 is 1.74 bits per heavy atom. The Labute approximate surface area is 158 Å². The fraction of sp³-hybridized carbons (Fsp3) is 0.263. The minimum absolute atomic E-state index is 0.308. The lowest BCUT2D eigenvalue weighted by atomic mass is 10.1. The molecule has 0 aromatic heterocycles. The summed E-state index contributed by atoms with van der Waals surface area (Å²) in [5.74, 6) is -0.994. The molecule has 0 radical (unpaired) electrons. The average Bonchev–Trinajstić information content (AvgIpc) is 2.61. The number of carbonyl (C=O) groups excluding carboxylic acids is 2. The first-order valence-electron chi connectivity index (χ1n) is 8.10. The van der Waals surface area contributed by atoms with E-state index in [0.717, 1.165) is 11.8 Å². The van der Waals surface area contributed by atoms with Gasteiger partial charge in [0.1, 0.15) is 0 Å². The van der Waals surface area contributed by atoms with Gasteiger partial charge in [-0.3, -0.25) is 9.52 Å². The number of Topliss-reactive ketones (excluding diaryl/α,β-unsaturated/α-hetero) is 1. The Morgan fingerprint density at radius 1 is 1.07 bits per heavy atom. The molecule has 2 aromatic rings. The van der Waals surface area contributed by atoms with Crippen LogP contribution in [0.15, 0.2) is 48.5 Å². The molecule has 1 atom stereocenters. The molecule has 0 bridgehead atoms. The number of rotatable bonds is 8. The van der Waals surface area contributed by atoms with E-state index in [2.05, 4.69) is 4.72 Å². The van der Waals surface area contributed by atoms with Crippen molar-refractivity contribution in [3.05, 3.63) is 65.2 Å². The highest BCUT2D eigenvalue weighted by Crippen LogP contribution is 2.15. The molecular weight excluding hydrogens is 370 g/mol. The molecular formula is C19H21NO6S. The van der Waals surface area contributed by atoms with Crippen LogP contribution in [0, 0.1) is 0 Å². The van der Waals surface area contributed by atoms with Crippen molar-refractivity contribution < 1.29 is 27.5 Å². The lowest BCUT2D eigenvalue weighted by Gasteiger charge is -2.13. The van der Waals surface area contributed by atoms with Crippen molar-refractivity contribution in [2.24, 2.45) is 0 Å². The number of hydrogen-bond acceptors (Lipinski definition) is 6. The van der Waals surface area contributed by atoms with E-state index in [1.54, 1.807) is 25.3 Å². The van der Waals surface area contributed by atoms with Crippen molar-refractivity contribution in [2.75, 3.05) is 18.1 Å². The molecule has 0 aliphatic rings. The highest BCUT2D eigenvalue weighted by molar-refractivity contribution is 7.92. The second-order valence-electron chi connectivity index (χ2n) is 6.00. The van der Waals surface area contributed by atoms with Gasteiger partial charge in [0.15, 0.2) is 6.10 Å². The van der Waals surface area contributed by atoms with Crippen LogP contribution in [0.3, 0.4) is 0 Å². The topological polar surface area (TPSA) is 98.8 Å². The van der Waals surface area contributed by atoms with Gasteiger partial charge in [-0.2, -0.15) is 0 Å². The number of anilines is 1. The summed E-state index contributed by atoms with van der Waals surface area (Å²) in [4.78, 5) is 24.7. The zero-order chi connectivity index (χ0) is 20.0. The van der Waals surface area contributed by atoms with Gasteiger partial charge in [-0.25, -0.2) is 13.2 Å². The second kappa shape index (κ2) is 8.79. The summed E-state index contributed by atoms with van der Waals surface area (Å²) in [6.45, 7) is 1.85. The Bertz CT molecular complexity index is 921. The Hall–Kier alpha value is -2.71. The van der Waals surface area contributed by atoms with Crippen molar-refractivity contribution in [3.63, 3.8) is 0 Å². The molecule has 0 aliphatic heterocycles. The molecule has 0 amide bonds. The van der Waals surface area contributed by atoms with Crippen LogP contribution in [0.2, 0.25) is 0 Å². The first-order chi connectivity index (χ1) is 12.7. The maximum Gasteiger partial charge on any atom is 0.338 e. The number of ether oxygens (including phenoxy) is 2. The first-order valence-corrected chi connectivity index (χ1v) is 9.99. The number of nitrogens with one attached hydrogen (secondary N) is 1. The van der Waals surface area contributed by atoms with Gasteiger partial charge < -0.3 is 9.47 Å². The van der Waals surface area contributed by atoms with Gasteiger partial charge in [0.05, 0.1) is 18.4 Å². The van der Waals surface area contributed by atoms with E-state index in [-0.39, 0.29) is 5.78 Å². The molecule has 8 heteroatoms. The minimum Gasteiger partial charge on any atom is -0.451 e. The van der Waals surface area contributed by atoms with E-state index in [1.807, 2.05) is 6.07 Å². The molecule has 0 unspecified atom stereocenters. The number of methoxy groups -OCH3 is 1. The molecule has 0 saturated heterocycles. The average molecular weight is 391 g/mol. The van der Waals surface area contributed by atoms with E-state index in [1.165, 1.54) is 31.2 Å². The highest BCUT2D eigenvalue weighted by Gasteiger charge is 2.20. The molecule has 27 heavy (non-hydrogen) atoms. The summed E-state index contributed by atoms with van der Waals surface area (Å²) in [5.41, 5.74) is 1.80. The molecule has 0 fully saturated rings. The van der Waals surface area contributed by atoms with E-state index in [9.17, 15) is 18.0 Å². The first kappa shape index (κ1) is 20.6. The lowest BCUT2D eigenvalue weighted by molar-refractivity contribution is 0.0318. The number of sulfonamides is 1. The van der Waals surface area contributed by atoms with Gasteiger partial charge in [-0.15, -0.1) is 0 Å². The van der Waals surface area contributed by atoms with Gasteiger partial charge in [0, 0.05) is 18.4 Å². The zero-order valence-corrected chi connectivity index (χ0v) is 16.1. The monoisotopic (exact) mass is 391 g/mol. The quantitative estimate of drug-likeness (QED) is 0.549. The van der Waals surface area contributed by atoms with Gasteiger partial charge in [-0.05, 0) is 48.9 Å². The number of hydrogen-bond donors (Lipinski definition) is 1. The van der Waals surface area contributed by atoms with Gasteiger partial charge in [0.25, 0.3) is 0 Å². The van der Waals surface area contributed by atoms with E-state index < -0.39 is 22.1 Å². The predicted molar refractivity (Wildman–Crippen MR) is 101 cm³/mol. The third kappa shape index (κ3) is 6.19. The number of esters is 1. The molecule has 1 N–H and O–H groups in total. The zero-order valence-electron chi connectivity index (χ0n) is 15.3. The van der Waals surface area contributed by atoms with Crippen molar-refractivity contribution in [1.82, 2.24) is 0 Å². The molecule has 2 aromatic carbocycles. The molecule has 0 saturated carbocycles. The van der Waals surface area contributed by atoms with Crippen molar-refractivity contribution in [3.8, 4) is 0 Å². The summed E-state index contributed by atoms with van der Waals surface area (Å²) in [5, 5.41) is 0. The van der Waals surface area contributed by atoms with Crippen LogP contribution in [0.4, 0.5) is 5.69 Å². The SMILES string of the molecule is COCc1cccc(C(=O)O[C@@H](C)C(=O)c2ccc(NS(C)(=O)=O)cc2)c1. The summed E-state index contributed by atoms with van der Waals surface area (Å²) < 4.78 is 35.0. The maximum atomic E-state index is 12.4. The van der Waals surface area contributed by atoms with Crippen LogP contribution >= 0.6 is 0 Å². The van der Waals surface area contributed by atoms with E-state index in [0.29, 0.717) is 23.4 Å². The standard InChI is InChI=1S/C19H21NO6S/c1-13(26-19(22)16-6-4-5-14(11-16)12-25-2)18(21)15-7-9-17(10-8-15)20-27(3,23)24/h4-11,13,20H,12H2,1-3H3/t13-/m0/s1. The van der Waals surface area contributed by atoms with Gasteiger partial charge >= 0.3 is 5.97 Å². The highest BCUT2D eigenvalue weighted by atomic mass is 32.2. The molecule has 2 rings (SSSR count). The minimum atomic E-state index is -3.39. The molecule has 0 aliphatic carbocycles. The van der Waals surface area contributed by atoms with Crippen LogP contribution < -0.4 is 4.72 Å². The molecule has 0 spiro atoms. The number of ketones is 1. The van der Waals surface area contributed by atoms with Crippen LogP contribution in [-0.4, -0.2) is 39.6 Å². The van der Waals surface area contributed by atoms with Crippen molar-refractivity contribution in [2.45, 2.75) is 19.6 Å². The predicted octanol–water partition coefficient (Wildman–Crippen LogP) is 2.63. The number of carbonyl (C=O) groups is 2. The normalized spacial score (nSPS) is 12.3. The summed E-state index contributed by atoms with van der Waals surface area (Å²) >= 11 is 0. The number of benzene rings is 2. The Balaban J connectivity index is 2.04. The Morgan fingerprint density at radius 3 is 2.33 bits per heavy atom. The smallest absolute Gasteiger partial charge is 0.338 e. The van der Waals surface area contributed by atoms with Crippen LogP contribution in [-0.2, 0) is 26.1 Å². The third-order valence-electron chi connectivity index (χ3n) is 3.60. The van der Waals surface area contributed by atoms with Crippen molar-refractivity contribution >= 4 is 27.5 Å². The summed E-state index contributed by atoms with van der Waals surface area (Å²) in [6, 6.07) is 12.7. The van der Waals surface area contributed by atoms with Crippen molar-refractivity contribution in [1.29, 1.82) is 0 Å². The fourth-order valence-electron chi connectivity index (χ4n) is 2.39. The molecule has 144 valence electrons. The molecule has 7 nitrogen and oxygen atoms in total. The summed E-state index contributed by atoms with van der Waals surface area (Å²) in [7, 11) is -1.84. The van der Waals surface area contributed by atoms with Gasteiger partial charge in [0.2, 0.25) is 15.8 Å². The summed E-state index contributed by atoms with van der Waals surface area (Å²) in [6.07, 6.45) is 0.0483. The lowest BCUT2D eigenvalue weighted by Crippen LogP contribution is -2.24. The molecule has 0 heterocycles.